The van der Waals surface area contributed by atoms with Crippen LogP contribution in [0.1, 0.15) is 13.3 Å². The fraction of sp³-hybridized carbons (Fsp3) is 0.556. The predicted octanol–water partition coefficient (Wildman–Crippen LogP) is 0.777. The van der Waals surface area contributed by atoms with E-state index in [9.17, 15) is 8.42 Å². The highest BCUT2D eigenvalue weighted by atomic mass is 32.2. The summed E-state index contributed by atoms with van der Waals surface area (Å²) >= 11 is 5.66. The van der Waals surface area contributed by atoms with E-state index in [0.29, 0.717) is 24.5 Å². The Bertz CT molecular complexity index is 922. The Balaban J connectivity index is 1.90. The molecule has 1 saturated heterocycles. The van der Waals surface area contributed by atoms with E-state index in [1.807, 2.05) is 46.5 Å². The van der Waals surface area contributed by atoms with Crippen molar-refractivity contribution >= 4 is 22.1 Å². The molecule has 1 aliphatic heterocycles. The number of nitrogens with one attached hydrogen (secondary N) is 1. The third-order valence-electron chi connectivity index (χ3n) is 5.06. The minimum Gasteiger partial charge on any atom is -0.379 e. The molecule has 1 aromatic heterocycles. The molecule has 0 bridgehead atoms. The summed E-state index contributed by atoms with van der Waals surface area (Å²) in [5.41, 5.74) is 1.02. The number of rotatable bonds is 8. The van der Waals surface area contributed by atoms with Crippen LogP contribution in [0.2, 0.25) is 0 Å². The average molecular weight is 412 g/mol. The summed E-state index contributed by atoms with van der Waals surface area (Å²) in [6, 6.07) is 10.0. The summed E-state index contributed by atoms with van der Waals surface area (Å²) in [7, 11) is -1.28. The Hall–Kier alpha value is -1.55. The number of benzene rings is 1. The first-order valence-corrected chi connectivity index (χ1v) is 11.4. The molecule has 1 fully saturated rings. The van der Waals surface area contributed by atoms with Gasteiger partial charge in [0.1, 0.15) is 18.3 Å². The van der Waals surface area contributed by atoms with Crippen LogP contribution in [0.5, 0.6) is 0 Å². The Morgan fingerprint density at radius 1 is 1.33 bits per heavy atom. The fourth-order valence-electron chi connectivity index (χ4n) is 3.58. The lowest BCUT2D eigenvalue weighted by atomic mass is 10.2. The zero-order valence-corrected chi connectivity index (χ0v) is 17.4. The van der Waals surface area contributed by atoms with E-state index in [2.05, 4.69) is 0 Å². The molecule has 3 rings (SSSR count). The molecule has 7 nitrogen and oxygen atoms in total. The molecular weight excluding hydrogens is 384 g/mol. The molecule has 1 aromatic carbocycles. The van der Waals surface area contributed by atoms with Crippen molar-refractivity contribution in [3.05, 3.63) is 35.1 Å². The van der Waals surface area contributed by atoms with E-state index >= 15 is 0 Å². The molecule has 1 unspecified atom stereocenters. The zero-order valence-electron chi connectivity index (χ0n) is 15.8. The first-order chi connectivity index (χ1) is 12.9. The molecule has 0 aliphatic carbocycles. The lowest BCUT2D eigenvalue weighted by Crippen LogP contribution is -3.16. The minimum absolute atomic E-state index is 0.0546. The highest BCUT2D eigenvalue weighted by Crippen LogP contribution is 2.17. The standard InChI is InChI=1S/C18H26N4O3S2/c1-3-21-17(15-7-5-4-6-8-15)19-22(18(21)26)14-20(10-11-25-2)16-9-12-27(23,24)13-16/h4-8,16H,3,9-14H2,1-2H3/p+1/t16-/m1/s1. The van der Waals surface area contributed by atoms with Gasteiger partial charge in [0.2, 0.25) is 4.77 Å². The Morgan fingerprint density at radius 2 is 2.07 bits per heavy atom. The van der Waals surface area contributed by atoms with Crippen molar-refractivity contribution in [2.75, 3.05) is 31.8 Å². The highest BCUT2D eigenvalue weighted by molar-refractivity contribution is 7.91. The maximum atomic E-state index is 11.9. The third-order valence-corrected chi connectivity index (χ3v) is 7.26. The molecule has 0 radical (unpaired) electrons. The largest absolute Gasteiger partial charge is 0.379 e. The molecule has 148 valence electrons. The second kappa shape index (κ2) is 8.64. The SMILES string of the molecule is CCn1c(-c2ccccc2)nn(C[NH+](CCOC)[C@@H]2CCS(=O)(=O)C2)c1=S. The molecule has 0 spiro atoms. The van der Waals surface area contributed by atoms with Gasteiger partial charge in [0.15, 0.2) is 22.3 Å². The lowest BCUT2D eigenvalue weighted by molar-refractivity contribution is -0.945. The van der Waals surface area contributed by atoms with Gasteiger partial charge in [0, 0.05) is 25.6 Å². The van der Waals surface area contributed by atoms with Gasteiger partial charge in [0.25, 0.3) is 0 Å². The second-order valence-corrected chi connectivity index (χ2v) is 9.47. The van der Waals surface area contributed by atoms with E-state index in [-0.39, 0.29) is 17.5 Å². The Kier molecular flexibility index (Phi) is 6.46. The molecule has 9 heteroatoms. The van der Waals surface area contributed by atoms with Gasteiger partial charge in [-0.15, -0.1) is 5.10 Å². The Morgan fingerprint density at radius 3 is 2.67 bits per heavy atom. The first kappa shape index (κ1) is 20.2. The van der Waals surface area contributed by atoms with Crippen LogP contribution in [0.25, 0.3) is 11.4 Å². The van der Waals surface area contributed by atoms with Gasteiger partial charge in [-0.05, 0) is 19.1 Å². The van der Waals surface area contributed by atoms with Crippen LogP contribution >= 0.6 is 12.2 Å². The maximum Gasteiger partial charge on any atom is 0.203 e. The smallest absolute Gasteiger partial charge is 0.203 e. The fourth-order valence-corrected chi connectivity index (χ4v) is 5.73. The van der Waals surface area contributed by atoms with Gasteiger partial charge in [-0.3, -0.25) is 0 Å². The number of ether oxygens (including phenoxy) is 1. The van der Waals surface area contributed by atoms with Crippen LogP contribution in [-0.4, -0.2) is 60.6 Å². The van der Waals surface area contributed by atoms with Gasteiger partial charge in [-0.25, -0.2) is 8.42 Å². The van der Waals surface area contributed by atoms with Crippen molar-refractivity contribution in [3.8, 4) is 11.4 Å². The molecule has 27 heavy (non-hydrogen) atoms. The maximum absolute atomic E-state index is 11.9. The number of sulfone groups is 1. The summed E-state index contributed by atoms with van der Waals surface area (Å²) < 4.78 is 33.6. The van der Waals surface area contributed by atoms with E-state index in [1.165, 1.54) is 0 Å². The quantitative estimate of drug-likeness (QED) is 0.650. The molecular formula is C18H27N4O3S2+. The third kappa shape index (κ3) is 4.66. The van der Waals surface area contributed by atoms with Gasteiger partial charge in [-0.1, -0.05) is 30.3 Å². The van der Waals surface area contributed by atoms with Gasteiger partial charge in [-0.2, -0.15) is 4.68 Å². The predicted molar refractivity (Wildman–Crippen MR) is 107 cm³/mol. The number of methoxy groups -OCH3 is 1. The first-order valence-electron chi connectivity index (χ1n) is 9.22. The van der Waals surface area contributed by atoms with Crippen molar-refractivity contribution in [1.82, 2.24) is 14.3 Å². The topological polar surface area (TPSA) is 70.6 Å². The minimum atomic E-state index is -2.94. The van der Waals surface area contributed by atoms with Crippen molar-refractivity contribution < 1.29 is 18.1 Å². The molecule has 1 aliphatic rings. The van der Waals surface area contributed by atoms with E-state index in [0.717, 1.165) is 29.4 Å². The van der Waals surface area contributed by atoms with Crippen LogP contribution in [0.3, 0.4) is 0 Å². The molecule has 2 heterocycles. The monoisotopic (exact) mass is 411 g/mol. The van der Waals surface area contributed by atoms with E-state index in [1.54, 1.807) is 7.11 Å². The molecule has 1 N–H and O–H groups in total. The van der Waals surface area contributed by atoms with Crippen molar-refractivity contribution in [3.63, 3.8) is 0 Å². The lowest BCUT2D eigenvalue weighted by Gasteiger charge is -2.24. The normalized spacial score (nSPS) is 20.0. The summed E-state index contributed by atoms with van der Waals surface area (Å²) in [6.07, 6.45) is 0.675. The van der Waals surface area contributed by atoms with Crippen molar-refractivity contribution in [1.29, 1.82) is 0 Å². The summed E-state index contributed by atoms with van der Waals surface area (Å²) in [6.45, 7) is 4.61. The van der Waals surface area contributed by atoms with Crippen LogP contribution in [0, 0.1) is 4.77 Å². The number of hydrogen-bond donors (Lipinski definition) is 1. The second-order valence-electron chi connectivity index (χ2n) is 6.88. The molecule has 2 atom stereocenters. The van der Waals surface area contributed by atoms with E-state index in [4.69, 9.17) is 22.1 Å². The molecule has 2 aromatic rings. The van der Waals surface area contributed by atoms with Gasteiger partial charge >= 0.3 is 0 Å². The Labute approximate surface area is 165 Å². The molecule has 0 amide bonds. The van der Waals surface area contributed by atoms with Crippen LogP contribution < -0.4 is 4.90 Å². The van der Waals surface area contributed by atoms with E-state index < -0.39 is 9.84 Å². The van der Waals surface area contributed by atoms with Crippen LogP contribution in [0.4, 0.5) is 0 Å². The number of quaternary nitrogens is 1. The van der Waals surface area contributed by atoms with Gasteiger partial charge in [0.05, 0.1) is 12.4 Å². The summed E-state index contributed by atoms with van der Waals surface area (Å²) in [5.74, 6) is 1.32. The van der Waals surface area contributed by atoms with Gasteiger partial charge < -0.3 is 14.2 Å². The zero-order chi connectivity index (χ0) is 19.4. The van der Waals surface area contributed by atoms with Crippen LogP contribution in [-0.2, 0) is 27.8 Å². The van der Waals surface area contributed by atoms with Crippen molar-refractivity contribution in [2.45, 2.75) is 32.6 Å². The van der Waals surface area contributed by atoms with Crippen LogP contribution in [0.15, 0.2) is 30.3 Å². The highest BCUT2D eigenvalue weighted by Gasteiger charge is 2.35. The average Bonchev–Trinajstić information content (AvgIpc) is 3.18. The van der Waals surface area contributed by atoms with Crippen molar-refractivity contribution in [2.24, 2.45) is 0 Å². The number of hydrogen-bond acceptors (Lipinski definition) is 5. The summed E-state index contributed by atoms with van der Waals surface area (Å²) in [5, 5.41) is 4.77. The number of aromatic nitrogens is 3. The summed E-state index contributed by atoms with van der Waals surface area (Å²) in [4.78, 5) is 1.15. The molecule has 0 saturated carbocycles. The number of nitrogens with zero attached hydrogens (tertiary/aromatic N) is 3.